The molecule has 9 heteroatoms. The number of carbonyl (C=O) groups excluding carboxylic acids is 1. The Kier molecular flexibility index (Phi) is 6.67. The molecular weight excluding hydrogens is 445 g/mol. The highest BCUT2D eigenvalue weighted by atomic mass is 35.5. The quantitative estimate of drug-likeness (QED) is 0.638. The van der Waals surface area contributed by atoms with E-state index in [2.05, 4.69) is 21.9 Å². The summed E-state index contributed by atoms with van der Waals surface area (Å²) in [6, 6.07) is 4.41. The highest BCUT2D eigenvalue weighted by Crippen LogP contribution is 2.41. The molecule has 4 rings (SSSR count). The molecule has 0 saturated carbocycles. The average Bonchev–Trinajstić information content (AvgIpc) is 3.08. The maximum Gasteiger partial charge on any atom is 0.245 e. The van der Waals surface area contributed by atoms with Crippen LogP contribution in [0.25, 0.3) is 6.08 Å². The van der Waals surface area contributed by atoms with Gasteiger partial charge in [-0.3, -0.25) is 4.79 Å². The fourth-order valence-electron chi connectivity index (χ4n) is 4.74. The third-order valence-electron chi connectivity index (χ3n) is 6.52. The van der Waals surface area contributed by atoms with Gasteiger partial charge in [0.05, 0.1) is 23.4 Å². The van der Waals surface area contributed by atoms with E-state index in [-0.39, 0.29) is 16.8 Å². The minimum absolute atomic E-state index is 0.0229. The van der Waals surface area contributed by atoms with E-state index in [9.17, 15) is 9.18 Å². The van der Waals surface area contributed by atoms with Gasteiger partial charge in [0.15, 0.2) is 0 Å². The average molecular weight is 472 g/mol. The molecule has 0 radical (unpaired) electrons. The van der Waals surface area contributed by atoms with Gasteiger partial charge in [-0.15, -0.1) is 0 Å². The third-order valence-corrected chi connectivity index (χ3v) is 6.81. The fraction of sp³-hybridized carbons (Fsp3) is 0.375. The number of carbonyl (C=O) groups is 1. The van der Waals surface area contributed by atoms with Crippen molar-refractivity contribution < 1.29 is 13.9 Å². The number of nitrogens with two attached hydrogens (primary N) is 1. The first kappa shape index (κ1) is 23.2. The van der Waals surface area contributed by atoms with Crippen LogP contribution >= 0.6 is 11.6 Å². The molecule has 1 fully saturated rings. The van der Waals surface area contributed by atoms with E-state index >= 15 is 0 Å². The molecule has 1 aromatic heterocycles. The van der Waals surface area contributed by atoms with Crippen molar-refractivity contribution in [3.8, 4) is 0 Å². The van der Waals surface area contributed by atoms with Gasteiger partial charge in [0.1, 0.15) is 23.7 Å². The number of nitrogens with one attached hydrogen (secondary N) is 1. The van der Waals surface area contributed by atoms with E-state index in [4.69, 9.17) is 22.1 Å². The van der Waals surface area contributed by atoms with Gasteiger partial charge < -0.3 is 20.7 Å². The first-order chi connectivity index (χ1) is 15.9. The number of ether oxygens (including phenoxy) is 1. The van der Waals surface area contributed by atoms with Crippen LogP contribution in [0.5, 0.6) is 0 Å². The minimum atomic E-state index is -0.781. The summed E-state index contributed by atoms with van der Waals surface area (Å²) >= 11 is 5.94. The van der Waals surface area contributed by atoms with E-state index < -0.39 is 11.4 Å². The number of halogens is 2. The van der Waals surface area contributed by atoms with E-state index in [1.807, 2.05) is 11.0 Å². The molecule has 2 heterocycles. The van der Waals surface area contributed by atoms with Crippen molar-refractivity contribution in [2.75, 3.05) is 25.5 Å². The second kappa shape index (κ2) is 9.49. The van der Waals surface area contributed by atoms with Crippen molar-refractivity contribution in [2.24, 2.45) is 11.7 Å². The summed E-state index contributed by atoms with van der Waals surface area (Å²) in [5.41, 5.74) is 8.46. The molecule has 0 bridgehead atoms. The first-order valence-corrected chi connectivity index (χ1v) is 11.3. The largest absolute Gasteiger partial charge is 0.499 e. The molecule has 33 heavy (non-hydrogen) atoms. The maximum absolute atomic E-state index is 13.6. The van der Waals surface area contributed by atoms with Gasteiger partial charge in [-0.1, -0.05) is 18.2 Å². The number of rotatable bonds is 5. The monoisotopic (exact) mass is 471 g/mol. The number of aromatic nitrogens is 2. The lowest BCUT2D eigenvalue weighted by molar-refractivity contribution is -0.126. The Hall–Kier alpha value is -2.97. The van der Waals surface area contributed by atoms with Crippen molar-refractivity contribution in [2.45, 2.75) is 31.2 Å². The summed E-state index contributed by atoms with van der Waals surface area (Å²) in [5, 5.41) is 3.25. The summed E-state index contributed by atoms with van der Waals surface area (Å²) < 4.78 is 19.3. The maximum atomic E-state index is 13.6. The third kappa shape index (κ3) is 4.58. The van der Waals surface area contributed by atoms with Crippen LogP contribution in [0.4, 0.5) is 15.9 Å². The van der Waals surface area contributed by atoms with Crippen LogP contribution < -0.4 is 11.1 Å². The van der Waals surface area contributed by atoms with E-state index in [0.717, 1.165) is 30.5 Å². The zero-order valence-corrected chi connectivity index (χ0v) is 19.2. The van der Waals surface area contributed by atoms with Crippen LogP contribution in [0.2, 0.25) is 5.02 Å². The molecule has 1 saturated heterocycles. The molecule has 0 spiro atoms. The number of nitrogens with zero attached hydrogens (tertiary/aromatic N) is 3. The predicted octanol–water partition coefficient (Wildman–Crippen LogP) is 4.07. The van der Waals surface area contributed by atoms with Gasteiger partial charge in [-0.05, 0) is 49.5 Å². The van der Waals surface area contributed by atoms with Crippen molar-refractivity contribution in [3.05, 3.63) is 65.0 Å². The summed E-state index contributed by atoms with van der Waals surface area (Å²) in [6.45, 7) is 4.89. The summed E-state index contributed by atoms with van der Waals surface area (Å²) in [4.78, 5) is 22.8. The Morgan fingerprint density at radius 1 is 1.39 bits per heavy atom. The van der Waals surface area contributed by atoms with Gasteiger partial charge in [-0.25, -0.2) is 14.4 Å². The smallest absolute Gasteiger partial charge is 0.245 e. The Morgan fingerprint density at radius 3 is 2.94 bits per heavy atom. The number of hydrogen-bond acceptors (Lipinski definition) is 6. The standard InChI is InChI=1S/C24H27ClFN5O2/c1-3-22(32)31-9-4-5-15(8-10-31)24(27)13-17-20(12-21(24)33-2)28-14-29-23(17)30-16-6-7-19(26)18(25)11-16/h3,6-7,11-12,14-15H,1,4-5,8-10,13,27H2,2H3,(H,28,29,30). The number of amides is 1. The fourth-order valence-corrected chi connectivity index (χ4v) is 4.92. The second-order valence-electron chi connectivity index (χ2n) is 8.43. The molecule has 2 aliphatic rings. The number of likely N-dealkylation sites (tertiary alicyclic amines) is 1. The van der Waals surface area contributed by atoms with Crippen LogP contribution in [0.1, 0.15) is 30.5 Å². The molecular formula is C24H27ClFN5O2. The molecule has 1 aliphatic heterocycles. The lowest BCUT2D eigenvalue weighted by Crippen LogP contribution is -2.53. The zero-order valence-electron chi connectivity index (χ0n) is 18.5. The first-order valence-electron chi connectivity index (χ1n) is 10.9. The highest BCUT2D eigenvalue weighted by Gasteiger charge is 2.44. The molecule has 2 aromatic rings. The predicted molar refractivity (Wildman–Crippen MR) is 126 cm³/mol. The summed E-state index contributed by atoms with van der Waals surface area (Å²) in [6.07, 6.45) is 7.59. The molecule has 174 valence electrons. The van der Waals surface area contributed by atoms with Crippen molar-refractivity contribution in [1.82, 2.24) is 14.9 Å². The molecule has 1 amide bonds. The van der Waals surface area contributed by atoms with E-state index in [1.54, 1.807) is 13.2 Å². The number of anilines is 2. The van der Waals surface area contributed by atoms with Crippen LogP contribution in [-0.4, -0.2) is 46.5 Å². The summed E-state index contributed by atoms with van der Waals surface area (Å²) in [5.74, 6) is 0.792. The molecule has 7 nitrogen and oxygen atoms in total. The molecule has 2 unspecified atom stereocenters. The lowest BCUT2D eigenvalue weighted by atomic mass is 9.72. The number of hydrogen-bond donors (Lipinski definition) is 2. The van der Waals surface area contributed by atoms with Gasteiger partial charge in [0.2, 0.25) is 5.91 Å². The minimum Gasteiger partial charge on any atom is -0.499 e. The van der Waals surface area contributed by atoms with Gasteiger partial charge >= 0.3 is 0 Å². The Labute approximate surface area is 197 Å². The van der Waals surface area contributed by atoms with Crippen molar-refractivity contribution in [3.63, 3.8) is 0 Å². The van der Waals surface area contributed by atoms with Crippen LogP contribution in [-0.2, 0) is 16.0 Å². The van der Waals surface area contributed by atoms with Crippen molar-refractivity contribution in [1.29, 1.82) is 0 Å². The van der Waals surface area contributed by atoms with Crippen LogP contribution in [0.15, 0.2) is 42.9 Å². The zero-order chi connectivity index (χ0) is 23.6. The Bertz CT molecular complexity index is 1110. The number of fused-ring (bicyclic) bond motifs is 1. The molecule has 1 aliphatic carbocycles. The summed E-state index contributed by atoms with van der Waals surface area (Å²) in [7, 11) is 1.61. The van der Waals surface area contributed by atoms with E-state index in [0.29, 0.717) is 36.8 Å². The van der Waals surface area contributed by atoms with Gasteiger partial charge in [0, 0.05) is 36.8 Å². The Balaban J connectivity index is 1.65. The lowest BCUT2D eigenvalue weighted by Gasteiger charge is -2.41. The topological polar surface area (TPSA) is 93.4 Å². The number of methoxy groups -OCH3 is 1. The van der Waals surface area contributed by atoms with Crippen molar-refractivity contribution >= 4 is 35.1 Å². The Morgan fingerprint density at radius 2 is 2.21 bits per heavy atom. The van der Waals surface area contributed by atoms with Gasteiger partial charge in [-0.2, -0.15) is 0 Å². The molecule has 2 atom stereocenters. The van der Waals surface area contributed by atoms with E-state index in [1.165, 1.54) is 24.5 Å². The SMILES string of the molecule is C=CC(=O)N1CCCC(C2(N)Cc3c(ncnc3Nc3ccc(F)c(Cl)c3)C=C2OC)CC1. The molecule has 1 aromatic carbocycles. The highest BCUT2D eigenvalue weighted by molar-refractivity contribution is 6.31. The second-order valence-corrected chi connectivity index (χ2v) is 8.83. The number of benzene rings is 1. The van der Waals surface area contributed by atoms with Crippen LogP contribution in [0.3, 0.4) is 0 Å². The van der Waals surface area contributed by atoms with Gasteiger partial charge in [0.25, 0.3) is 0 Å². The van der Waals surface area contributed by atoms with Crippen LogP contribution in [0, 0.1) is 11.7 Å². The molecule has 3 N–H and O–H groups in total. The normalized spacial score (nSPS) is 22.6.